The second-order valence-electron chi connectivity index (χ2n) is 15.6. The monoisotopic (exact) mass is 781 g/mol. The molecule has 12 nitrogen and oxygen atoms in total. The minimum absolute atomic E-state index is 0.0436. The predicted molar refractivity (Wildman–Crippen MR) is 194 cm³/mol. The number of hydrogen-bond acceptors (Lipinski definition) is 13. The van der Waals surface area contributed by atoms with E-state index in [0.29, 0.717) is 50.0 Å². The zero-order chi connectivity index (χ0) is 38.3. The van der Waals surface area contributed by atoms with Crippen molar-refractivity contribution in [1.29, 1.82) is 0 Å². The van der Waals surface area contributed by atoms with Crippen molar-refractivity contribution in [3.63, 3.8) is 0 Å². The topological polar surface area (TPSA) is 144 Å². The molecule has 51 heavy (non-hydrogen) atoms. The average Bonchev–Trinajstić information content (AvgIpc) is 3.66. The minimum atomic E-state index is -4.39. The molecule has 3 rings (SSSR count). The number of phosphoric acid groups is 1. The van der Waals surface area contributed by atoms with Crippen LogP contribution < -0.4 is 0 Å². The summed E-state index contributed by atoms with van der Waals surface area (Å²) in [5.74, 6) is -3.63. The van der Waals surface area contributed by atoms with Crippen molar-refractivity contribution in [2.75, 3.05) is 31.3 Å². The first-order valence-corrected chi connectivity index (χ1v) is 21.1. The van der Waals surface area contributed by atoms with Gasteiger partial charge in [0.2, 0.25) is 5.91 Å². The standard InChI is InChI=1S/C35H57FNO11PS2/c1-25(38)16-19-37(26(2)39)28-33(9)27(46-34(48-33)17-10-11-18-34)35(36,47-28)24-45-49(42,43-20-12-14-22-50-29(40)31(3,4)5)44-21-13-15-23-51-30(41)32(6,7)8/h16,19,27-28H,10-15,17-18,20-24H2,1-9H3/b19-16-/t27-,28+,33+,35+/m0/s1. The fourth-order valence-corrected chi connectivity index (χ4v) is 8.98. The van der Waals surface area contributed by atoms with E-state index in [1.54, 1.807) is 6.92 Å². The number of hydrogen-bond donors (Lipinski definition) is 0. The minimum Gasteiger partial charge on any atom is -0.337 e. The van der Waals surface area contributed by atoms with Gasteiger partial charge in [-0.15, -0.1) is 0 Å². The SMILES string of the molecule is CC(=O)/C=C\N(C(C)=O)[C@@H]1O[C@](F)(COP(=O)(OCCCCSC(=O)C(C)(C)C)OCCCCSC(=O)C(C)(C)C)[C@H]2OC3(CCCC3)O[C@@]12C. The van der Waals surface area contributed by atoms with Gasteiger partial charge in [0, 0.05) is 48.3 Å². The molecule has 3 aliphatic rings. The van der Waals surface area contributed by atoms with Crippen LogP contribution in [0.1, 0.15) is 114 Å². The number of nitrogens with zero attached hydrogens (tertiary/aromatic N) is 1. The highest BCUT2D eigenvalue weighted by Crippen LogP contribution is 2.58. The Balaban J connectivity index is 1.74. The van der Waals surface area contributed by atoms with Gasteiger partial charge in [-0.3, -0.25) is 37.6 Å². The summed E-state index contributed by atoms with van der Waals surface area (Å²) >= 11 is 2.45. The Labute approximate surface area is 310 Å². The molecule has 4 atom stereocenters. The van der Waals surface area contributed by atoms with Crippen LogP contribution in [0.3, 0.4) is 0 Å². The first-order chi connectivity index (χ1) is 23.6. The zero-order valence-corrected chi connectivity index (χ0v) is 34.1. The Morgan fingerprint density at radius 1 is 0.863 bits per heavy atom. The van der Waals surface area contributed by atoms with Gasteiger partial charge in [0.25, 0.3) is 5.85 Å². The summed E-state index contributed by atoms with van der Waals surface area (Å²) in [6.45, 7) is 14.3. The van der Waals surface area contributed by atoms with Crippen molar-refractivity contribution in [2.24, 2.45) is 10.8 Å². The second kappa shape index (κ2) is 18.0. The lowest BCUT2D eigenvalue weighted by Crippen LogP contribution is -2.52. The van der Waals surface area contributed by atoms with E-state index < -0.39 is 60.7 Å². The number of ketones is 1. The molecular formula is C35H57FNO11PS2. The molecule has 0 aromatic rings. The van der Waals surface area contributed by atoms with Gasteiger partial charge in [-0.1, -0.05) is 65.1 Å². The van der Waals surface area contributed by atoms with Gasteiger partial charge in [0.15, 0.2) is 34.1 Å². The van der Waals surface area contributed by atoms with E-state index in [2.05, 4.69) is 0 Å². The quantitative estimate of drug-likeness (QED) is 0.0761. The third-order valence-electron chi connectivity index (χ3n) is 8.59. The molecule has 0 aromatic carbocycles. The van der Waals surface area contributed by atoms with Crippen LogP contribution in [-0.2, 0) is 51.5 Å². The molecule has 1 aliphatic carbocycles. The van der Waals surface area contributed by atoms with Crippen LogP contribution in [0.4, 0.5) is 4.39 Å². The maximum absolute atomic E-state index is 17.2. The van der Waals surface area contributed by atoms with Crippen LogP contribution in [0.2, 0.25) is 0 Å². The van der Waals surface area contributed by atoms with Crippen LogP contribution in [0.5, 0.6) is 0 Å². The fraction of sp³-hybridized carbons (Fsp3) is 0.829. The molecule has 2 heterocycles. The number of unbranched alkanes of at least 4 members (excludes halogenated alkanes) is 2. The normalized spacial score (nSPS) is 26.2. The molecule has 1 saturated carbocycles. The molecule has 0 aromatic heterocycles. The van der Waals surface area contributed by atoms with E-state index in [4.69, 9.17) is 27.8 Å². The third-order valence-corrected chi connectivity index (χ3v) is 12.8. The number of carbonyl (C=O) groups excluding carboxylic acids is 4. The predicted octanol–water partition coefficient (Wildman–Crippen LogP) is 7.73. The van der Waals surface area contributed by atoms with Gasteiger partial charge in [-0.25, -0.2) is 8.96 Å². The maximum atomic E-state index is 17.2. The molecule has 292 valence electrons. The number of amides is 1. The molecule has 2 saturated heterocycles. The molecular weight excluding hydrogens is 724 g/mol. The van der Waals surface area contributed by atoms with E-state index in [9.17, 15) is 23.7 Å². The van der Waals surface area contributed by atoms with Crippen molar-refractivity contribution in [2.45, 2.75) is 143 Å². The van der Waals surface area contributed by atoms with Gasteiger partial charge in [-0.2, -0.15) is 0 Å². The van der Waals surface area contributed by atoms with Crippen LogP contribution in [0, 0.1) is 10.8 Å². The number of phosphoric ester groups is 1. The Hall–Kier alpha value is -1.16. The summed E-state index contributed by atoms with van der Waals surface area (Å²) in [7, 11) is -4.39. The Bertz CT molecular complexity index is 1290. The Kier molecular flexibility index (Phi) is 15.6. The Morgan fingerprint density at radius 2 is 1.37 bits per heavy atom. The molecule has 2 aliphatic heterocycles. The summed E-state index contributed by atoms with van der Waals surface area (Å²) in [5, 5.41) is 0.131. The molecule has 1 spiro atoms. The van der Waals surface area contributed by atoms with Crippen LogP contribution in [0.25, 0.3) is 0 Å². The first kappa shape index (κ1) is 44.2. The molecule has 0 unspecified atom stereocenters. The summed E-state index contributed by atoms with van der Waals surface area (Å²) in [4.78, 5) is 50.1. The number of thioether (sulfide) groups is 2. The van der Waals surface area contributed by atoms with E-state index in [1.165, 1.54) is 49.6 Å². The lowest BCUT2D eigenvalue weighted by atomic mass is 9.95. The van der Waals surface area contributed by atoms with Crippen LogP contribution in [-0.4, -0.2) is 87.7 Å². The summed E-state index contributed by atoms with van der Waals surface area (Å²) < 4.78 is 66.8. The van der Waals surface area contributed by atoms with Crippen LogP contribution in [0.15, 0.2) is 12.3 Å². The number of ether oxygens (including phenoxy) is 3. The Morgan fingerprint density at radius 3 is 1.82 bits per heavy atom. The van der Waals surface area contributed by atoms with Crippen molar-refractivity contribution in [1.82, 2.24) is 4.90 Å². The maximum Gasteiger partial charge on any atom is 0.474 e. The lowest BCUT2D eigenvalue weighted by Gasteiger charge is -2.35. The van der Waals surface area contributed by atoms with E-state index in [0.717, 1.165) is 17.7 Å². The summed E-state index contributed by atoms with van der Waals surface area (Å²) in [6, 6.07) is 0. The molecule has 0 bridgehead atoms. The second-order valence-corrected chi connectivity index (χ2v) is 19.4. The number of alkyl halides is 1. The van der Waals surface area contributed by atoms with Crippen molar-refractivity contribution >= 4 is 53.3 Å². The zero-order valence-electron chi connectivity index (χ0n) is 31.6. The molecule has 16 heteroatoms. The first-order valence-electron chi connectivity index (χ1n) is 17.7. The van der Waals surface area contributed by atoms with Gasteiger partial charge in [0.05, 0.1) is 13.2 Å². The molecule has 3 fully saturated rings. The van der Waals surface area contributed by atoms with E-state index in [-0.39, 0.29) is 29.2 Å². The number of rotatable bonds is 18. The summed E-state index contributed by atoms with van der Waals surface area (Å²) in [6.07, 6.45) is 4.31. The molecule has 0 N–H and O–H groups in total. The van der Waals surface area contributed by atoms with Gasteiger partial charge < -0.3 is 14.2 Å². The van der Waals surface area contributed by atoms with Crippen molar-refractivity contribution in [3.8, 4) is 0 Å². The number of carbonyl (C=O) groups is 4. The van der Waals surface area contributed by atoms with Crippen molar-refractivity contribution in [3.05, 3.63) is 12.3 Å². The summed E-state index contributed by atoms with van der Waals surface area (Å²) in [5.41, 5.74) is -2.45. The van der Waals surface area contributed by atoms with Crippen molar-refractivity contribution < 1.29 is 55.9 Å². The molecule has 0 radical (unpaired) electrons. The average molecular weight is 782 g/mol. The number of halogens is 1. The highest BCUT2D eigenvalue weighted by Gasteiger charge is 2.74. The fourth-order valence-electron chi connectivity index (χ4n) is 5.78. The lowest BCUT2D eigenvalue weighted by molar-refractivity contribution is -0.280. The van der Waals surface area contributed by atoms with E-state index in [1.807, 2.05) is 41.5 Å². The number of fused-ring (bicyclic) bond motifs is 1. The highest BCUT2D eigenvalue weighted by molar-refractivity contribution is 8.14. The number of allylic oxidation sites excluding steroid dienone is 1. The molecule has 1 amide bonds. The van der Waals surface area contributed by atoms with Crippen LogP contribution >= 0.6 is 31.3 Å². The van der Waals surface area contributed by atoms with Gasteiger partial charge >= 0.3 is 7.82 Å². The highest BCUT2D eigenvalue weighted by atomic mass is 32.2. The largest absolute Gasteiger partial charge is 0.474 e. The smallest absolute Gasteiger partial charge is 0.337 e. The van der Waals surface area contributed by atoms with E-state index >= 15 is 4.39 Å². The van der Waals surface area contributed by atoms with Gasteiger partial charge in [0.1, 0.15) is 12.2 Å². The van der Waals surface area contributed by atoms with Gasteiger partial charge in [-0.05, 0) is 58.4 Å². The third kappa shape index (κ3) is 12.2.